The SMILES string of the molecule is CCN(CCN(C)C)C(=O)OCc1ccc(NC(=O)[C@H](C)NC(=O)[C@H](C)NC(C)=O)cc1. The molecule has 0 saturated carbocycles. The number of nitrogens with one attached hydrogen (secondary N) is 3. The van der Waals surface area contributed by atoms with Crippen molar-refractivity contribution in [3.05, 3.63) is 29.8 Å². The highest BCUT2D eigenvalue weighted by atomic mass is 16.6. The topological polar surface area (TPSA) is 120 Å². The molecule has 0 aliphatic carbocycles. The fraction of sp³-hybridized carbons (Fsp3) is 0.545. The Labute approximate surface area is 189 Å². The number of likely N-dealkylation sites (N-methyl/N-ethyl adjacent to an activating group) is 2. The van der Waals surface area contributed by atoms with Gasteiger partial charge < -0.3 is 30.5 Å². The molecule has 0 heterocycles. The molecule has 10 nitrogen and oxygen atoms in total. The maximum atomic E-state index is 12.3. The van der Waals surface area contributed by atoms with Crippen LogP contribution in [0.4, 0.5) is 10.5 Å². The van der Waals surface area contributed by atoms with Gasteiger partial charge in [-0.05, 0) is 52.6 Å². The maximum Gasteiger partial charge on any atom is 0.410 e. The first kappa shape index (κ1) is 26.9. The van der Waals surface area contributed by atoms with Crippen molar-refractivity contribution in [1.82, 2.24) is 20.4 Å². The van der Waals surface area contributed by atoms with Gasteiger partial charge in [0.15, 0.2) is 0 Å². The van der Waals surface area contributed by atoms with Crippen molar-refractivity contribution in [1.29, 1.82) is 0 Å². The van der Waals surface area contributed by atoms with Gasteiger partial charge in [-0.15, -0.1) is 0 Å². The molecule has 2 atom stereocenters. The Morgan fingerprint density at radius 2 is 1.53 bits per heavy atom. The van der Waals surface area contributed by atoms with Crippen LogP contribution in [0.5, 0.6) is 0 Å². The van der Waals surface area contributed by atoms with E-state index in [0.29, 0.717) is 18.8 Å². The first-order valence-corrected chi connectivity index (χ1v) is 10.6. The third-order valence-electron chi connectivity index (χ3n) is 4.61. The molecule has 0 aromatic heterocycles. The summed E-state index contributed by atoms with van der Waals surface area (Å²) in [5, 5.41) is 7.72. The summed E-state index contributed by atoms with van der Waals surface area (Å²) in [6.45, 7) is 8.34. The largest absolute Gasteiger partial charge is 0.445 e. The number of hydrogen-bond acceptors (Lipinski definition) is 6. The lowest BCUT2D eigenvalue weighted by Crippen LogP contribution is -2.50. The number of amides is 4. The van der Waals surface area contributed by atoms with E-state index in [2.05, 4.69) is 16.0 Å². The summed E-state index contributed by atoms with van der Waals surface area (Å²) in [6, 6.07) is 5.36. The van der Waals surface area contributed by atoms with Crippen LogP contribution in [0.25, 0.3) is 0 Å². The molecule has 1 aromatic carbocycles. The monoisotopic (exact) mass is 449 g/mol. The van der Waals surface area contributed by atoms with Crippen LogP contribution in [0.1, 0.15) is 33.3 Å². The Bertz CT molecular complexity index is 781. The van der Waals surface area contributed by atoms with E-state index in [-0.39, 0.29) is 18.6 Å². The van der Waals surface area contributed by atoms with Crippen LogP contribution in [-0.4, -0.2) is 79.4 Å². The molecule has 0 radical (unpaired) electrons. The highest BCUT2D eigenvalue weighted by molar-refractivity contribution is 5.98. The van der Waals surface area contributed by atoms with E-state index in [9.17, 15) is 19.2 Å². The van der Waals surface area contributed by atoms with Gasteiger partial charge in [0.2, 0.25) is 17.7 Å². The number of carbonyl (C=O) groups is 4. The van der Waals surface area contributed by atoms with Gasteiger partial charge in [0.25, 0.3) is 0 Å². The van der Waals surface area contributed by atoms with E-state index in [0.717, 1.165) is 12.1 Å². The van der Waals surface area contributed by atoms with Crippen LogP contribution in [0.3, 0.4) is 0 Å². The second-order valence-corrected chi connectivity index (χ2v) is 7.78. The average molecular weight is 450 g/mol. The van der Waals surface area contributed by atoms with Crippen LogP contribution < -0.4 is 16.0 Å². The summed E-state index contributed by atoms with van der Waals surface area (Å²) >= 11 is 0. The number of carbonyl (C=O) groups excluding carboxylic acids is 4. The molecule has 0 bridgehead atoms. The van der Waals surface area contributed by atoms with Gasteiger partial charge in [-0.2, -0.15) is 0 Å². The first-order valence-electron chi connectivity index (χ1n) is 10.6. The molecule has 3 N–H and O–H groups in total. The predicted octanol–water partition coefficient (Wildman–Crippen LogP) is 1.17. The second kappa shape index (κ2) is 13.3. The molecule has 32 heavy (non-hydrogen) atoms. The van der Waals surface area contributed by atoms with Crippen molar-refractivity contribution in [3.8, 4) is 0 Å². The Morgan fingerprint density at radius 1 is 0.938 bits per heavy atom. The summed E-state index contributed by atoms with van der Waals surface area (Å²) in [7, 11) is 3.89. The van der Waals surface area contributed by atoms with Crippen molar-refractivity contribution in [3.63, 3.8) is 0 Å². The van der Waals surface area contributed by atoms with Gasteiger partial charge in [-0.25, -0.2) is 4.79 Å². The van der Waals surface area contributed by atoms with Crippen LogP contribution in [0, 0.1) is 0 Å². The van der Waals surface area contributed by atoms with Gasteiger partial charge in [0, 0.05) is 32.2 Å². The van der Waals surface area contributed by atoms with E-state index in [1.165, 1.54) is 13.8 Å². The molecule has 4 amide bonds. The molecule has 0 saturated heterocycles. The van der Waals surface area contributed by atoms with Crippen molar-refractivity contribution >= 4 is 29.5 Å². The normalized spacial score (nSPS) is 12.5. The lowest BCUT2D eigenvalue weighted by Gasteiger charge is -2.22. The van der Waals surface area contributed by atoms with Gasteiger partial charge in [0.1, 0.15) is 18.7 Å². The summed E-state index contributed by atoms with van der Waals surface area (Å²) in [4.78, 5) is 51.2. The molecular weight excluding hydrogens is 414 g/mol. The minimum absolute atomic E-state index is 0.124. The van der Waals surface area contributed by atoms with Gasteiger partial charge in [-0.1, -0.05) is 12.1 Å². The van der Waals surface area contributed by atoms with Crippen LogP contribution in [0.2, 0.25) is 0 Å². The molecule has 0 spiro atoms. The smallest absolute Gasteiger partial charge is 0.410 e. The Hall–Kier alpha value is -3.14. The number of anilines is 1. The van der Waals surface area contributed by atoms with E-state index < -0.39 is 23.9 Å². The standard InChI is InChI=1S/C22H35N5O5/c1-7-27(13-12-26(5)6)22(31)32-14-18-8-10-19(11-9-18)25-21(30)16(3)24-20(29)15(2)23-17(4)28/h8-11,15-16H,7,12-14H2,1-6H3,(H,23,28)(H,24,29)(H,25,30)/t15-,16-/m0/s1. The zero-order valence-corrected chi connectivity index (χ0v) is 19.7. The quantitative estimate of drug-likeness (QED) is 0.467. The number of rotatable bonds is 11. The van der Waals surface area contributed by atoms with Crippen molar-refractivity contribution in [2.45, 2.75) is 46.4 Å². The lowest BCUT2D eigenvalue weighted by molar-refractivity contribution is -0.129. The lowest BCUT2D eigenvalue weighted by atomic mass is 10.2. The summed E-state index contributed by atoms with van der Waals surface area (Å²) in [5.74, 6) is -1.18. The number of nitrogens with zero attached hydrogens (tertiary/aromatic N) is 2. The molecule has 10 heteroatoms. The minimum Gasteiger partial charge on any atom is -0.445 e. The second-order valence-electron chi connectivity index (χ2n) is 7.78. The molecular formula is C22H35N5O5. The molecule has 1 rings (SSSR count). The Kier molecular flexibility index (Phi) is 11.2. The molecule has 178 valence electrons. The van der Waals surface area contributed by atoms with Crippen LogP contribution >= 0.6 is 0 Å². The van der Waals surface area contributed by atoms with Crippen molar-refractivity contribution in [2.75, 3.05) is 39.0 Å². The average Bonchev–Trinajstić information content (AvgIpc) is 2.72. The van der Waals surface area contributed by atoms with Gasteiger partial charge in [-0.3, -0.25) is 14.4 Å². The van der Waals surface area contributed by atoms with Gasteiger partial charge in [0.05, 0.1) is 0 Å². The summed E-state index contributed by atoms with van der Waals surface area (Å²) in [5.41, 5.74) is 1.33. The first-order chi connectivity index (χ1) is 15.0. The summed E-state index contributed by atoms with van der Waals surface area (Å²) < 4.78 is 5.37. The van der Waals surface area contributed by atoms with E-state index >= 15 is 0 Å². The zero-order valence-electron chi connectivity index (χ0n) is 19.7. The molecule has 0 aliphatic rings. The molecule has 0 unspecified atom stereocenters. The van der Waals surface area contributed by atoms with E-state index in [1.807, 2.05) is 25.9 Å². The van der Waals surface area contributed by atoms with E-state index in [1.54, 1.807) is 36.1 Å². The highest BCUT2D eigenvalue weighted by Crippen LogP contribution is 2.11. The number of hydrogen-bond donors (Lipinski definition) is 3. The number of benzene rings is 1. The molecule has 0 aliphatic heterocycles. The summed E-state index contributed by atoms with van der Waals surface area (Å²) in [6.07, 6.45) is -0.371. The molecule has 1 aromatic rings. The Morgan fingerprint density at radius 3 is 2.06 bits per heavy atom. The highest BCUT2D eigenvalue weighted by Gasteiger charge is 2.20. The molecule has 0 fully saturated rings. The third kappa shape index (κ3) is 9.78. The van der Waals surface area contributed by atoms with Crippen molar-refractivity contribution in [2.24, 2.45) is 0 Å². The Balaban J connectivity index is 2.52. The zero-order chi connectivity index (χ0) is 24.3. The van der Waals surface area contributed by atoms with E-state index in [4.69, 9.17) is 4.74 Å². The third-order valence-corrected chi connectivity index (χ3v) is 4.61. The fourth-order valence-electron chi connectivity index (χ4n) is 2.64. The fourth-order valence-corrected chi connectivity index (χ4v) is 2.64. The van der Waals surface area contributed by atoms with Gasteiger partial charge >= 0.3 is 6.09 Å². The minimum atomic E-state index is -0.790. The van der Waals surface area contributed by atoms with Crippen LogP contribution in [-0.2, 0) is 25.7 Å². The predicted molar refractivity (Wildman–Crippen MR) is 122 cm³/mol. The van der Waals surface area contributed by atoms with Crippen LogP contribution in [0.15, 0.2) is 24.3 Å². The van der Waals surface area contributed by atoms with Crippen molar-refractivity contribution < 1.29 is 23.9 Å². The number of ether oxygens (including phenoxy) is 1. The maximum absolute atomic E-state index is 12.3.